The van der Waals surface area contributed by atoms with E-state index in [-0.39, 0.29) is 0 Å². The van der Waals surface area contributed by atoms with Gasteiger partial charge in [-0.2, -0.15) is 0 Å². The molecule has 0 spiro atoms. The summed E-state index contributed by atoms with van der Waals surface area (Å²) in [5, 5.41) is 8.36. The van der Waals surface area contributed by atoms with Crippen molar-refractivity contribution in [3.05, 3.63) is 60.4 Å². The summed E-state index contributed by atoms with van der Waals surface area (Å²) in [6.45, 7) is 3.13. The molecule has 0 atom stereocenters. The topological polar surface area (TPSA) is 55.3 Å². The Bertz CT molecular complexity index is 729. The Balaban J connectivity index is 1.36. The van der Waals surface area contributed by atoms with Crippen molar-refractivity contribution >= 4 is 0 Å². The van der Waals surface area contributed by atoms with Gasteiger partial charge in [-0.1, -0.05) is 30.3 Å². The minimum Gasteiger partial charge on any atom is -0.472 e. The van der Waals surface area contributed by atoms with Gasteiger partial charge >= 0.3 is 0 Å². The van der Waals surface area contributed by atoms with Crippen LogP contribution < -0.4 is 0 Å². The molecule has 0 radical (unpaired) electrons. The molecule has 0 bridgehead atoms. The Morgan fingerprint density at radius 3 is 2.61 bits per heavy atom. The second-order valence-electron chi connectivity index (χ2n) is 5.99. The number of hydrogen-bond acceptors (Lipinski definition) is 5. The first-order chi connectivity index (χ1) is 11.4. The molecule has 5 heteroatoms. The number of likely N-dealkylation sites (tertiary alicyclic amines) is 1. The Morgan fingerprint density at radius 2 is 1.87 bits per heavy atom. The molecule has 1 saturated heterocycles. The number of piperidine rings is 1. The minimum absolute atomic E-state index is 0.357. The lowest BCUT2D eigenvalue weighted by Gasteiger charge is -2.30. The van der Waals surface area contributed by atoms with Gasteiger partial charge < -0.3 is 8.83 Å². The van der Waals surface area contributed by atoms with Crippen molar-refractivity contribution < 1.29 is 8.83 Å². The van der Waals surface area contributed by atoms with Crippen LogP contribution in [0.15, 0.2) is 57.8 Å². The maximum Gasteiger partial charge on any atom is 0.250 e. The Morgan fingerprint density at radius 1 is 1.04 bits per heavy atom. The van der Waals surface area contributed by atoms with E-state index in [1.165, 1.54) is 5.56 Å². The van der Waals surface area contributed by atoms with Gasteiger partial charge in [-0.25, -0.2) is 0 Å². The first kappa shape index (κ1) is 14.2. The monoisotopic (exact) mass is 309 g/mol. The summed E-state index contributed by atoms with van der Waals surface area (Å²) in [4.78, 5) is 2.49. The molecule has 0 amide bonds. The number of benzene rings is 1. The SMILES string of the molecule is c1ccc(CN2CCC(c3nnc(-c4ccoc4)o3)CC2)cc1. The van der Waals surface area contributed by atoms with Gasteiger partial charge in [0.25, 0.3) is 5.89 Å². The first-order valence-electron chi connectivity index (χ1n) is 8.01. The summed E-state index contributed by atoms with van der Waals surface area (Å²) in [6.07, 6.45) is 5.35. The van der Waals surface area contributed by atoms with Gasteiger partial charge in [0.05, 0.1) is 11.8 Å². The van der Waals surface area contributed by atoms with Gasteiger partial charge in [-0.05, 0) is 37.6 Å². The van der Waals surface area contributed by atoms with Crippen molar-refractivity contribution in [1.29, 1.82) is 0 Å². The van der Waals surface area contributed by atoms with Crippen LogP contribution in [0, 0.1) is 0 Å². The fourth-order valence-electron chi connectivity index (χ4n) is 3.08. The van der Waals surface area contributed by atoms with E-state index in [0.717, 1.165) is 43.9 Å². The van der Waals surface area contributed by atoms with Crippen molar-refractivity contribution in [3.8, 4) is 11.5 Å². The highest BCUT2D eigenvalue weighted by atomic mass is 16.4. The number of aromatic nitrogens is 2. The van der Waals surface area contributed by atoms with Crippen LogP contribution in [0.4, 0.5) is 0 Å². The molecule has 0 N–H and O–H groups in total. The summed E-state index contributed by atoms with van der Waals surface area (Å²) in [7, 11) is 0. The van der Waals surface area contributed by atoms with Gasteiger partial charge in [0.1, 0.15) is 6.26 Å². The molecule has 23 heavy (non-hydrogen) atoms. The predicted molar refractivity (Wildman–Crippen MR) is 85.7 cm³/mol. The molecule has 1 fully saturated rings. The highest BCUT2D eigenvalue weighted by Gasteiger charge is 2.25. The number of rotatable bonds is 4. The highest BCUT2D eigenvalue weighted by Crippen LogP contribution is 2.29. The van der Waals surface area contributed by atoms with Crippen LogP contribution in [0.3, 0.4) is 0 Å². The summed E-state index contributed by atoms with van der Waals surface area (Å²) >= 11 is 0. The third-order valence-corrected chi connectivity index (χ3v) is 4.39. The lowest BCUT2D eigenvalue weighted by Crippen LogP contribution is -2.32. The first-order valence-corrected chi connectivity index (χ1v) is 8.01. The number of furan rings is 1. The van der Waals surface area contributed by atoms with E-state index in [9.17, 15) is 0 Å². The summed E-state index contributed by atoms with van der Waals surface area (Å²) in [5.74, 6) is 1.65. The third-order valence-electron chi connectivity index (χ3n) is 4.39. The van der Waals surface area contributed by atoms with Crippen LogP contribution in [0.1, 0.15) is 30.2 Å². The van der Waals surface area contributed by atoms with Crippen LogP contribution in [0.2, 0.25) is 0 Å². The van der Waals surface area contributed by atoms with Crippen molar-refractivity contribution in [2.45, 2.75) is 25.3 Å². The summed E-state index contributed by atoms with van der Waals surface area (Å²) in [6, 6.07) is 12.4. The van der Waals surface area contributed by atoms with Crippen LogP contribution in [0.5, 0.6) is 0 Å². The van der Waals surface area contributed by atoms with Crippen molar-refractivity contribution in [2.75, 3.05) is 13.1 Å². The normalized spacial score (nSPS) is 16.7. The van der Waals surface area contributed by atoms with E-state index in [1.807, 2.05) is 6.07 Å². The predicted octanol–water partition coefficient (Wildman–Crippen LogP) is 3.71. The highest BCUT2D eigenvalue weighted by molar-refractivity contribution is 5.49. The van der Waals surface area contributed by atoms with Gasteiger partial charge in [0, 0.05) is 12.5 Å². The van der Waals surface area contributed by atoms with Crippen LogP contribution in [-0.2, 0) is 6.54 Å². The van der Waals surface area contributed by atoms with Gasteiger partial charge in [0.15, 0.2) is 0 Å². The molecule has 2 aromatic heterocycles. The molecular weight excluding hydrogens is 290 g/mol. The van der Waals surface area contributed by atoms with Crippen LogP contribution in [-0.4, -0.2) is 28.2 Å². The molecule has 1 aromatic carbocycles. The molecule has 0 saturated carbocycles. The lowest BCUT2D eigenvalue weighted by molar-refractivity contribution is 0.193. The van der Waals surface area contributed by atoms with Crippen molar-refractivity contribution in [2.24, 2.45) is 0 Å². The van der Waals surface area contributed by atoms with Crippen LogP contribution in [0.25, 0.3) is 11.5 Å². The number of nitrogens with zero attached hydrogens (tertiary/aromatic N) is 3. The molecule has 0 unspecified atom stereocenters. The Hall–Kier alpha value is -2.40. The Labute approximate surface area is 134 Å². The molecule has 3 aromatic rings. The van der Waals surface area contributed by atoms with E-state index in [2.05, 4.69) is 45.4 Å². The second-order valence-corrected chi connectivity index (χ2v) is 5.99. The molecule has 0 aliphatic carbocycles. The second kappa shape index (κ2) is 6.38. The van der Waals surface area contributed by atoms with Crippen LogP contribution >= 0.6 is 0 Å². The number of hydrogen-bond donors (Lipinski definition) is 0. The van der Waals surface area contributed by atoms with E-state index < -0.39 is 0 Å². The average molecular weight is 309 g/mol. The maximum atomic E-state index is 5.82. The van der Waals surface area contributed by atoms with Crippen molar-refractivity contribution in [1.82, 2.24) is 15.1 Å². The third kappa shape index (κ3) is 3.19. The molecule has 1 aliphatic heterocycles. The van der Waals surface area contributed by atoms with Gasteiger partial charge in [0.2, 0.25) is 5.89 Å². The smallest absolute Gasteiger partial charge is 0.250 e. The zero-order valence-electron chi connectivity index (χ0n) is 12.9. The maximum absolute atomic E-state index is 5.82. The molecule has 4 rings (SSSR count). The van der Waals surface area contributed by atoms with E-state index in [1.54, 1.807) is 12.5 Å². The summed E-state index contributed by atoms with van der Waals surface area (Å²) in [5.41, 5.74) is 2.20. The minimum atomic E-state index is 0.357. The fourth-order valence-corrected chi connectivity index (χ4v) is 3.08. The Kier molecular flexibility index (Phi) is 3.94. The standard InChI is InChI=1S/C18H19N3O2/c1-2-4-14(5-3-1)12-21-9-6-15(7-10-21)17-19-20-18(23-17)16-8-11-22-13-16/h1-5,8,11,13,15H,6-7,9-10,12H2. The quantitative estimate of drug-likeness (QED) is 0.735. The van der Waals surface area contributed by atoms with E-state index in [0.29, 0.717) is 11.8 Å². The fraction of sp³-hybridized carbons (Fsp3) is 0.333. The molecule has 5 nitrogen and oxygen atoms in total. The average Bonchev–Trinajstić information content (AvgIpc) is 3.28. The molecule has 3 heterocycles. The summed E-state index contributed by atoms with van der Waals surface area (Å²) < 4.78 is 10.9. The largest absolute Gasteiger partial charge is 0.472 e. The van der Waals surface area contributed by atoms with Gasteiger partial charge in [-0.15, -0.1) is 10.2 Å². The zero-order valence-corrected chi connectivity index (χ0v) is 12.9. The molecule has 1 aliphatic rings. The van der Waals surface area contributed by atoms with E-state index in [4.69, 9.17) is 8.83 Å². The van der Waals surface area contributed by atoms with Crippen molar-refractivity contribution in [3.63, 3.8) is 0 Å². The lowest BCUT2D eigenvalue weighted by atomic mass is 9.96. The van der Waals surface area contributed by atoms with Gasteiger partial charge in [-0.3, -0.25) is 4.90 Å². The molecular formula is C18H19N3O2. The zero-order chi connectivity index (χ0) is 15.5. The molecule has 118 valence electrons. The van der Waals surface area contributed by atoms with E-state index >= 15 is 0 Å².